The van der Waals surface area contributed by atoms with E-state index in [1.54, 1.807) is 0 Å². The molecule has 0 saturated heterocycles. The highest BCUT2D eigenvalue weighted by Gasteiger charge is 2.11. The minimum atomic E-state index is -0.508. The van der Waals surface area contributed by atoms with E-state index in [4.69, 9.17) is 17.2 Å². The summed E-state index contributed by atoms with van der Waals surface area (Å²) in [5.74, 6) is -0.0508. The van der Waals surface area contributed by atoms with Crippen LogP contribution in [0.15, 0.2) is 0 Å². The molecule has 0 aromatic rings. The van der Waals surface area contributed by atoms with Crippen molar-refractivity contribution in [2.24, 2.45) is 17.2 Å². The van der Waals surface area contributed by atoms with E-state index in [0.29, 0.717) is 13.0 Å². The molecule has 0 aromatic carbocycles. The molecule has 8 N–H and O–H groups in total. The summed E-state index contributed by atoms with van der Waals surface area (Å²) in [7, 11) is 0. The first-order valence-electron chi connectivity index (χ1n) is 10.9. The Morgan fingerprint density at radius 1 is 0.731 bits per heavy atom. The Hall–Kier alpha value is -0.690. The minimum absolute atomic E-state index is 0.0508. The van der Waals surface area contributed by atoms with Gasteiger partial charge in [0.15, 0.2) is 0 Å². The summed E-state index contributed by atoms with van der Waals surface area (Å²) in [6.07, 6.45) is 16.8. The third-order valence-corrected chi connectivity index (χ3v) is 4.74. The van der Waals surface area contributed by atoms with Crippen molar-refractivity contribution in [2.45, 2.75) is 109 Å². The lowest BCUT2D eigenvalue weighted by atomic mass is 10.1. The van der Waals surface area contributed by atoms with Crippen LogP contribution in [0, 0.1) is 0 Å². The Labute approximate surface area is 161 Å². The van der Waals surface area contributed by atoms with Crippen LogP contribution in [0.4, 0.5) is 0 Å². The maximum atomic E-state index is 11.9. The molecule has 0 aliphatic rings. The van der Waals surface area contributed by atoms with Gasteiger partial charge in [0.25, 0.3) is 0 Å². The Balaban J connectivity index is 3.29. The number of carbonyl (C=O) groups is 1. The van der Waals surface area contributed by atoms with Crippen molar-refractivity contribution in [3.63, 3.8) is 0 Å². The Morgan fingerprint density at radius 3 is 1.73 bits per heavy atom. The molecule has 0 spiro atoms. The monoisotopic (exact) mass is 371 g/mol. The van der Waals surface area contributed by atoms with Gasteiger partial charge >= 0.3 is 0 Å². The third-order valence-electron chi connectivity index (χ3n) is 4.74. The summed E-state index contributed by atoms with van der Waals surface area (Å²) >= 11 is 0. The molecule has 0 aliphatic heterocycles. The van der Waals surface area contributed by atoms with E-state index in [-0.39, 0.29) is 5.91 Å². The van der Waals surface area contributed by atoms with Crippen molar-refractivity contribution in [1.29, 1.82) is 0 Å². The van der Waals surface area contributed by atoms with Crippen molar-refractivity contribution < 1.29 is 4.79 Å². The van der Waals surface area contributed by atoms with Gasteiger partial charge in [-0.2, -0.15) is 0 Å². The van der Waals surface area contributed by atoms with Gasteiger partial charge in [0.05, 0.1) is 6.04 Å². The average molecular weight is 372 g/mol. The lowest BCUT2D eigenvalue weighted by Crippen LogP contribution is -2.46. The SMILES string of the molecule is CCCCCCCCCCCCCCNC(=O)C(N)CCCNC(N)N. The Bertz CT molecular complexity index is 313. The van der Waals surface area contributed by atoms with Crippen LogP contribution in [0.5, 0.6) is 0 Å². The van der Waals surface area contributed by atoms with Gasteiger partial charge in [-0.15, -0.1) is 0 Å². The van der Waals surface area contributed by atoms with Crippen molar-refractivity contribution >= 4 is 5.91 Å². The van der Waals surface area contributed by atoms with Crippen molar-refractivity contribution in [3.8, 4) is 0 Å². The van der Waals surface area contributed by atoms with Gasteiger partial charge in [-0.25, -0.2) is 0 Å². The van der Waals surface area contributed by atoms with Gasteiger partial charge in [0, 0.05) is 6.54 Å². The fourth-order valence-electron chi connectivity index (χ4n) is 3.03. The van der Waals surface area contributed by atoms with Gasteiger partial charge in [-0.05, 0) is 25.8 Å². The smallest absolute Gasteiger partial charge is 0.236 e. The molecule has 6 heteroatoms. The fraction of sp³-hybridized carbons (Fsp3) is 0.950. The van der Waals surface area contributed by atoms with Crippen LogP contribution >= 0.6 is 0 Å². The number of amides is 1. The van der Waals surface area contributed by atoms with Crippen LogP contribution in [-0.4, -0.2) is 31.3 Å². The zero-order valence-electron chi connectivity index (χ0n) is 17.1. The predicted molar refractivity (Wildman–Crippen MR) is 111 cm³/mol. The van der Waals surface area contributed by atoms with Crippen LogP contribution in [-0.2, 0) is 4.79 Å². The number of rotatable bonds is 19. The fourth-order valence-corrected chi connectivity index (χ4v) is 3.03. The molecule has 0 bridgehead atoms. The van der Waals surface area contributed by atoms with Crippen molar-refractivity contribution in [3.05, 3.63) is 0 Å². The molecule has 0 radical (unpaired) electrons. The van der Waals surface area contributed by atoms with E-state index in [1.807, 2.05) is 0 Å². The third kappa shape index (κ3) is 18.1. The maximum absolute atomic E-state index is 11.9. The highest BCUT2D eigenvalue weighted by atomic mass is 16.2. The molecular formula is C20H45N5O. The molecule has 0 aromatic heterocycles. The predicted octanol–water partition coefficient (Wildman–Crippen LogP) is 2.70. The molecule has 0 heterocycles. The molecular weight excluding hydrogens is 326 g/mol. The molecule has 1 atom stereocenters. The molecule has 1 amide bonds. The lowest BCUT2D eigenvalue weighted by Gasteiger charge is -2.13. The molecule has 1 unspecified atom stereocenters. The van der Waals surface area contributed by atoms with Crippen LogP contribution in [0.2, 0.25) is 0 Å². The van der Waals surface area contributed by atoms with E-state index in [9.17, 15) is 4.79 Å². The largest absolute Gasteiger partial charge is 0.355 e. The Kier molecular flexibility index (Phi) is 18.6. The van der Waals surface area contributed by atoms with Gasteiger partial charge in [0.1, 0.15) is 6.29 Å². The van der Waals surface area contributed by atoms with Gasteiger partial charge < -0.3 is 22.5 Å². The molecule has 0 aliphatic carbocycles. The normalized spacial score (nSPS) is 12.5. The van der Waals surface area contributed by atoms with E-state index >= 15 is 0 Å². The number of hydrogen-bond donors (Lipinski definition) is 5. The molecule has 26 heavy (non-hydrogen) atoms. The summed E-state index contributed by atoms with van der Waals surface area (Å²) < 4.78 is 0. The topological polar surface area (TPSA) is 119 Å². The first-order chi connectivity index (χ1) is 12.6. The average Bonchev–Trinajstić information content (AvgIpc) is 2.62. The first-order valence-corrected chi connectivity index (χ1v) is 10.9. The molecule has 156 valence electrons. The number of carbonyl (C=O) groups excluding carboxylic acids is 1. The summed E-state index contributed by atoms with van der Waals surface area (Å²) in [6.45, 7) is 3.67. The van der Waals surface area contributed by atoms with Crippen molar-refractivity contribution in [1.82, 2.24) is 10.6 Å². The van der Waals surface area contributed by atoms with E-state index in [1.165, 1.54) is 70.6 Å². The summed E-state index contributed by atoms with van der Waals surface area (Å²) in [5, 5.41) is 5.84. The van der Waals surface area contributed by atoms with Crippen LogP contribution < -0.4 is 27.8 Å². The zero-order chi connectivity index (χ0) is 19.5. The summed E-state index contributed by atoms with van der Waals surface area (Å²) in [6, 6.07) is -0.442. The maximum Gasteiger partial charge on any atom is 0.236 e. The van der Waals surface area contributed by atoms with Crippen LogP contribution in [0.3, 0.4) is 0 Å². The number of nitrogens with one attached hydrogen (secondary N) is 2. The molecule has 0 saturated carbocycles. The minimum Gasteiger partial charge on any atom is -0.355 e. The number of nitrogens with two attached hydrogens (primary N) is 3. The molecule has 6 nitrogen and oxygen atoms in total. The first kappa shape index (κ1) is 25.3. The van der Waals surface area contributed by atoms with Crippen LogP contribution in [0.25, 0.3) is 0 Å². The standard InChI is InChI=1S/C20H45N5O/c1-2-3-4-5-6-7-8-9-10-11-12-13-16-24-19(26)18(21)15-14-17-25-20(22)23/h18,20,25H,2-17,21-23H2,1H3,(H,24,26). The lowest BCUT2D eigenvalue weighted by molar-refractivity contribution is -0.122. The second kappa shape index (κ2) is 19.1. The number of hydrogen-bond acceptors (Lipinski definition) is 5. The molecule has 0 fully saturated rings. The number of unbranched alkanes of at least 4 members (excludes halogenated alkanes) is 11. The zero-order valence-corrected chi connectivity index (χ0v) is 17.1. The second-order valence-electron chi connectivity index (χ2n) is 7.41. The highest BCUT2D eigenvalue weighted by molar-refractivity contribution is 5.81. The van der Waals surface area contributed by atoms with Gasteiger partial charge in [-0.3, -0.25) is 10.1 Å². The van der Waals surface area contributed by atoms with Gasteiger partial charge in [0.2, 0.25) is 5.91 Å². The Morgan fingerprint density at radius 2 is 1.23 bits per heavy atom. The van der Waals surface area contributed by atoms with E-state index in [0.717, 1.165) is 19.4 Å². The van der Waals surface area contributed by atoms with Gasteiger partial charge in [-0.1, -0.05) is 77.6 Å². The second-order valence-corrected chi connectivity index (χ2v) is 7.41. The van der Waals surface area contributed by atoms with Crippen LogP contribution in [0.1, 0.15) is 96.8 Å². The van der Waals surface area contributed by atoms with Crippen molar-refractivity contribution in [2.75, 3.05) is 13.1 Å². The summed E-state index contributed by atoms with van der Waals surface area (Å²) in [4.78, 5) is 11.9. The highest BCUT2D eigenvalue weighted by Crippen LogP contribution is 2.11. The molecule has 0 rings (SSSR count). The quantitative estimate of drug-likeness (QED) is 0.177. The van der Waals surface area contributed by atoms with E-state index < -0.39 is 12.3 Å². The van der Waals surface area contributed by atoms with E-state index in [2.05, 4.69) is 17.6 Å². The summed E-state index contributed by atoms with van der Waals surface area (Å²) in [5.41, 5.74) is 16.7.